The van der Waals surface area contributed by atoms with E-state index in [9.17, 15) is 9.59 Å². The molecule has 1 aliphatic rings. The van der Waals surface area contributed by atoms with Crippen LogP contribution in [-0.2, 0) is 21.5 Å². The van der Waals surface area contributed by atoms with E-state index in [1.807, 2.05) is 42.5 Å². The Morgan fingerprint density at radius 2 is 1.70 bits per heavy atom. The molecule has 0 saturated carbocycles. The fourth-order valence-electron chi connectivity index (χ4n) is 3.66. The van der Waals surface area contributed by atoms with Crippen molar-refractivity contribution in [2.24, 2.45) is 0 Å². The Morgan fingerprint density at radius 1 is 1.07 bits per heavy atom. The van der Waals surface area contributed by atoms with Gasteiger partial charge in [0.05, 0.1) is 17.0 Å². The zero-order chi connectivity index (χ0) is 19.3. The second-order valence-electron chi connectivity index (χ2n) is 6.95. The lowest BCUT2D eigenvalue weighted by Crippen LogP contribution is -2.52. The maximum absolute atomic E-state index is 13.2. The summed E-state index contributed by atoms with van der Waals surface area (Å²) < 4.78 is 0. The van der Waals surface area contributed by atoms with Gasteiger partial charge in [-0.05, 0) is 36.1 Å². The van der Waals surface area contributed by atoms with Crippen LogP contribution in [0.2, 0.25) is 0 Å². The highest BCUT2D eigenvalue weighted by molar-refractivity contribution is 5.88. The van der Waals surface area contributed by atoms with Crippen LogP contribution < -0.4 is 5.32 Å². The Hall–Kier alpha value is -3.13. The number of likely N-dealkylation sites (tertiary alicyclic amines) is 1. The molecular formula is C22H23N3O2. The normalized spacial score (nSPS) is 15.6. The van der Waals surface area contributed by atoms with Crippen LogP contribution in [0.1, 0.15) is 36.5 Å². The van der Waals surface area contributed by atoms with Gasteiger partial charge in [-0.2, -0.15) is 5.26 Å². The van der Waals surface area contributed by atoms with Gasteiger partial charge in [0.25, 0.3) is 0 Å². The number of hydrogen-bond donors (Lipinski definition) is 1. The smallest absolute Gasteiger partial charge is 0.231 e. The van der Waals surface area contributed by atoms with Crippen molar-refractivity contribution in [2.45, 2.75) is 31.7 Å². The summed E-state index contributed by atoms with van der Waals surface area (Å²) in [7, 11) is 0. The Morgan fingerprint density at radius 3 is 2.26 bits per heavy atom. The number of nitrogens with one attached hydrogen (secondary N) is 1. The Balaban J connectivity index is 1.77. The molecule has 3 rings (SSSR count). The van der Waals surface area contributed by atoms with Crippen LogP contribution in [0.25, 0.3) is 0 Å². The third-order valence-electron chi connectivity index (χ3n) is 5.36. The van der Waals surface area contributed by atoms with Gasteiger partial charge in [0.2, 0.25) is 11.8 Å². The van der Waals surface area contributed by atoms with Gasteiger partial charge >= 0.3 is 0 Å². The molecule has 0 bridgehead atoms. The standard InChI is InChI=1S/C22H23N3O2/c1-17(26)25-13-11-22(12-14-25,20-5-3-2-4-6-20)21(27)24-16-19-9-7-18(15-23)8-10-19/h2-10H,11-14,16H2,1H3,(H,24,27). The maximum atomic E-state index is 13.2. The molecule has 1 N–H and O–H groups in total. The highest BCUT2D eigenvalue weighted by Crippen LogP contribution is 2.36. The highest BCUT2D eigenvalue weighted by atomic mass is 16.2. The molecule has 1 heterocycles. The lowest BCUT2D eigenvalue weighted by atomic mass is 9.72. The van der Waals surface area contributed by atoms with Crippen molar-refractivity contribution in [1.82, 2.24) is 10.2 Å². The van der Waals surface area contributed by atoms with Gasteiger partial charge in [-0.3, -0.25) is 9.59 Å². The topological polar surface area (TPSA) is 73.2 Å². The zero-order valence-corrected chi connectivity index (χ0v) is 15.4. The van der Waals surface area contributed by atoms with Crippen molar-refractivity contribution in [3.8, 4) is 6.07 Å². The molecule has 138 valence electrons. The van der Waals surface area contributed by atoms with E-state index in [0.717, 1.165) is 11.1 Å². The van der Waals surface area contributed by atoms with E-state index in [1.165, 1.54) is 0 Å². The Labute approximate surface area is 159 Å². The molecular weight excluding hydrogens is 338 g/mol. The first kappa shape index (κ1) is 18.7. The number of carbonyl (C=O) groups is 2. The first-order valence-electron chi connectivity index (χ1n) is 9.13. The van der Waals surface area contributed by atoms with E-state index in [1.54, 1.807) is 24.0 Å². The van der Waals surface area contributed by atoms with E-state index >= 15 is 0 Å². The summed E-state index contributed by atoms with van der Waals surface area (Å²) in [5.41, 5.74) is 1.92. The first-order valence-corrected chi connectivity index (χ1v) is 9.13. The van der Waals surface area contributed by atoms with Gasteiger partial charge in [0.15, 0.2) is 0 Å². The van der Waals surface area contributed by atoms with Gasteiger partial charge in [-0.25, -0.2) is 0 Å². The van der Waals surface area contributed by atoms with Gasteiger partial charge < -0.3 is 10.2 Å². The quantitative estimate of drug-likeness (QED) is 0.910. The van der Waals surface area contributed by atoms with Crippen LogP contribution in [0, 0.1) is 11.3 Å². The van der Waals surface area contributed by atoms with Crippen molar-refractivity contribution in [2.75, 3.05) is 13.1 Å². The molecule has 0 aromatic heterocycles. The predicted octanol–water partition coefficient (Wildman–Crippen LogP) is 2.75. The molecule has 2 aromatic rings. The number of nitrogens with zero attached hydrogens (tertiary/aromatic N) is 2. The fourth-order valence-corrected chi connectivity index (χ4v) is 3.66. The minimum Gasteiger partial charge on any atom is -0.351 e. The maximum Gasteiger partial charge on any atom is 0.231 e. The summed E-state index contributed by atoms with van der Waals surface area (Å²) in [4.78, 5) is 26.7. The number of amides is 2. The summed E-state index contributed by atoms with van der Waals surface area (Å²) in [5, 5.41) is 12.0. The molecule has 2 amide bonds. The number of hydrogen-bond acceptors (Lipinski definition) is 3. The molecule has 5 nitrogen and oxygen atoms in total. The van der Waals surface area contributed by atoms with Gasteiger partial charge in [0, 0.05) is 26.6 Å². The SMILES string of the molecule is CC(=O)N1CCC(C(=O)NCc2ccc(C#N)cc2)(c2ccccc2)CC1. The summed E-state index contributed by atoms with van der Waals surface area (Å²) in [6.45, 7) is 3.14. The number of rotatable bonds is 4. The highest BCUT2D eigenvalue weighted by Gasteiger charge is 2.43. The monoisotopic (exact) mass is 361 g/mol. The van der Waals surface area contributed by atoms with E-state index in [4.69, 9.17) is 5.26 Å². The molecule has 0 atom stereocenters. The Kier molecular flexibility index (Phi) is 5.56. The van der Waals surface area contributed by atoms with E-state index in [2.05, 4.69) is 11.4 Å². The van der Waals surface area contributed by atoms with Crippen molar-refractivity contribution < 1.29 is 9.59 Å². The molecule has 1 saturated heterocycles. The summed E-state index contributed by atoms with van der Waals surface area (Å²) in [6.07, 6.45) is 1.21. The molecule has 1 fully saturated rings. The number of nitriles is 1. The molecule has 0 aliphatic carbocycles. The molecule has 0 unspecified atom stereocenters. The second-order valence-corrected chi connectivity index (χ2v) is 6.95. The molecule has 0 radical (unpaired) electrons. The van der Waals surface area contributed by atoms with Crippen LogP contribution in [0.5, 0.6) is 0 Å². The van der Waals surface area contributed by atoms with E-state index < -0.39 is 5.41 Å². The van der Waals surface area contributed by atoms with Gasteiger partial charge in [-0.1, -0.05) is 42.5 Å². The molecule has 0 spiro atoms. The van der Waals surface area contributed by atoms with Crippen LogP contribution >= 0.6 is 0 Å². The number of carbonyl (C=O) groups excluding carboxylic acids is 2. The third kappa shape index (κ3) is 4.01. The van der Waals surface area contributed by atoms with E-state index in [0.29, 0.717) is 38.0 Å². The molecule has 5 heteroatoms. The average Bonchev–Trinajstić information content (AvgIpc) is 2.73. The van der Waals surface area contributed by atoms with Crippen LogP contribution in [0.4, 0.5) is 0 Å². The minimum atomic E-state index is -0.625. The Bertz CT molecular complexity index is 845. The number of piperidine rings is 1. The van der Waals surface area contributed by atoms with E-state index in [-0.39, 0.29) is 11.8 Å². The predicted molar refractivity (Wildman–Crippen MR) is 103 cm³/mol. The fraction of sp³-hybridized carbons (Fsp3) is 0.318. The van der Waals surface area contributed by atoms with Crippen molar-refractivity contribution in [3.63, 3.8) is 0 Å². The van der Waals surface area contributed by atoms with Crippen molar-refractivity contribution in [1.29, 1.82) is 5.26 Å². The molecule has 1 aliphatic heterocycles. The average molecular weight is 361 g/mol. The zero-order valence-electron chi connectivity index (χ0n) is 15.4. The second kappa shape index (κ2) is 8.05. The summed E-state index contributed by atoms with van der Waals surface area (Å²) >= 11 is 0. The molecule has 27 heavy (non-hydrogen) atoms. The largest absolute Gasteiger partial charge is 0.351 e. The summed E-state index contributed by atoms with van der Waals surface area (Å²) in [6, 6.07) is 19.1. The number of benzene rings is 2. The van der Waals surface area contributed by atoms with Crippen LogP contribution in [0.15, 0.2) is 54.6 Å². The lowest BCUT2D eigenvalue weighted by molar-refractivity contribution is -0.135. The summed E-state index contributed by atoms with van der Waals surface area (Å²) in [5.74, 6) is 0.0379. The minimum absolute atomic E-state index is 0.0127. The molecule has 2 aromatic carbocycles. The first-order chi connectivity index (χ1) is 13.0. The van der Waals surface area contributed by atoms with Crippen LogP contribution in [-0.4, -0.2) is 29.8 Å². The van der Waals surface area contributed by atoms with Gasteiger partial charge in [0.1, 0.15) is 0 Å². The van der Waals surface area contributed by atoms with Gasteiger partial charge in [-0.15, -0.1) is 0 Å². The van der Waals surface area contributed by atoms with Crippen molar-refractivity contribution >= 4 is 11.8 Å². The third-order valence-corrected chi connectivity index (χ3v) is 5.36. The lowest BCUT2D eigenvalue weighted by Gasteiger charge is -2.40. The van der Waals surface area contributed by atoms with Crippen LogP contribution in [0.3, 0.4) is 0 Å². The van der Waals surface area contributed by atoms with Crippen molar-refractivity contribution in [3.05, 3.63) is 71.3 Å².